The van der Waals surface area contributed by atoms with E-state index in [2.05, 4.69) is 15.8 Å². The Morgan fingerprint density at radius 1 is 1.32 bits per heavy atom. The average Bonchev–Trinajstić information content (AvgIpc) is 2.92. The van der Waals surface area contributed by atoms with Crippen molar-refractivity contribution in [3.8, 4) is 0 Å². The third kappa shape index (κ3) is 4.56. The Kier molecular flexibility index (Phi) is 4.69. The topological polar surface area (TPSA) is 49.6 Å². The van der Waals surface area contributed by atoms with Gasteiger partial charge in [0.25, 0.3) is 0 Å². The summed E-state index contributed by atoms with van der Waals surface area (Å²) in [5.74, 6) is 0.826. The number of hydrazone groups is 1. The first-order valence-corrected chi connectivity index (χ1v) is 6.31. The molecule has 0 atom stereocenters. The van der Waals surface area contributed by atoms with Crippen molar-refractivity contribution in [2.24, 2.45) is 5.10 Å². The first kappa shape index (κ1) is 13.3. The van der Waals surface area contributed by atoms with Gasteiger partial charge in [-0.05, 0) is 36.8 Å². The molecule has 1 aromatic heterocycles. The van der Waals surface area contributed by atoms with Crippen LogP contribution in [0.25, 0.3) is 0 Å². The van der Waals surface area contributed by atoms with Gasteiger partial charge in [0.05, 0.1) is 19.0 Å². The monoisotopic (exact) mass is 273 g/mol. The third-order valence-corrected chi connectivity index (χ3v) is 2.70. The van der Waals surface area contributed by atoms with E-state index in [1.54, 1.807) is 12.5 Å². The molecular formula is C14H15N3OS. The Hall–Kier alpha value is -2.14. The van der Waals surface area contributed by atoms with Crippen LogP contribution in [0.1, 0.15) is 16.9 Å². The second kappa shape index (κ2) is 6.70. The molecule has 2 N–H and O–H groups in total. The van der Waals surface area contributed by atoms with Gasteiger partial charge in [-0.2, -0.15) is 5.10 Å². The number of thiocarbonyl (C=S) groups is 1. The lowest BCUT2D eigenvalue weighted by atomic mass is 10.2. The summed E-state index contributed by atoms with van der Waals surface area (Å²) in [4.78, 5) is 0. The van der Waals surface area contributed by atoms with Crippen LogP contribution in [0.2, 0.25) is 0 Å². The number of rotatable bonds is 4. The Bertz CT molecular complexity index is 547. The maximum absolute atomic E-state index is 5.18. The molecule has 98 valence electrons. The molecule has 0 radical (unpaired) electrons. The quantitative estimate of drug-likeness (QED) is 0.511. The molecule has 0 aliphatic heterocycles. The summed E-state index contributed by atoms with van der Waals surface area (Å²) in [6.45, 7) is 2.59. The van der Waals surface area contributed by atoms with Crippen LogP contribution in [0.3, 0.4) is 0 Å². The molecule has 0 bridgehead atoms. The lowest BCUT2D eigenvalue weighted by molar-refractivity contribution is 0.502. The van der Waals surface area contributed by atoms with Crippen LogP contribution < -0.4 is 10.7 Å². The van der Waals surface area contributed by atoms with Crippen molar-refractivity contribution in [3.05, 3.63) is 59.5 Å². The molecule has 4 nitrogen and oxygen atoms in total. The number of hydrogen-bond acceptors (Lipinski definition) is 3. The molecule has 5 heteroatoms. The molecule has 1 heterocycles. The fourth-order valence-electron chi connectivity index (χ4n) is 1.44. The number of hydrogen-bond donors (Lipinski definition) is 2. The Morgan fingerprint density at radius 2 is 2.11 bits per heavy atom. The number of furan rings is 1. The Morgan fingerprint density at radius 3 is 2.79 bits per heavy atom. The van der Waals surface area contributed by atoms with E-state index in [4.69, 9.17) is 16.6 Å². The maximum atomic E-state index is 5.18. The van der Waals surface area contributed by atoms with Gasteiger partial charge in [0.15, 0.2) is 5.11 Å². The zero-order valence-corrected chi connectivity index (χ0v) is 11.4. The van der Waals surface area contributed by atoms with Crippen LogP contribution in [0.15, 0.2) is 52.2 Å². The molecule has 0 amide bonds. The highest BCUT2D eigenvalue weighted by atomic mass is 32.1. The first-order valence-electron chi connectivity index (χ1n) is 5.90. The molecule has 0 spiro atoms. The molecule has 19 heavy (non-hydrogen) atoms. The predicted octanol–water partition coefficient (Wildman–Crippen LogP) is 2.59. The van der Waals surface area contributed by atoms with Gasteiger partial charge < -0.3 is 9.73 Å². The van der Waals surface area contributed by atoms with Crippen molar-refractivity contribution in [3.63, 3.8) is 0 Å². The summed E-state index contributed by atoms with van der Waals surface area (Å²) >= 11 is 5.09. The number of aryl methyl sites for hydroxylation is 1. The van der Waals surface area contributed by atoms with Crippen LogP contribution in [-0.4, -0.2) is 11.3 Å². The fourth-order valence-corrected chi connectivity index (χ4v) is 1.56. The standard InChI is InChI=1S/C14H15N3OS/c1-11-4-6-12(7-5-11)9-16-17-14(19)15-10-13-3-2-8-18-13/h2-9H,10H2,1H3,(H2,15,17,19)/b16-9-. The molecule has 0 saturated heterocycles. The van der Waals surface area contributed by atoms with E-state index in [-0.39, 0.29) is 0 Å². The SMILES string of the molecule is Cc1ccc(/C=N\NC(=S)NCc2ccco2)cc1. The highest BCUT2D eigenvalue weighted by Crippen LogP contribution is 2.00. The van der Waals surface area contributed by atoms with E-state index in [1.165, 1.54) is 5.56 Å². The number of benzene rings is 1. The van der Waals surface area contributed by atoms with Crippen LogP contribution in [-0.2, 0) is 6.54 Å². The maximum Gasteiger partial charge on any atom is 0.187 e. The zero-order valence-electron chi connectivity index (χ0n) is 10.6. The molecule has 0 saturated carbocycles. The number of nitrogens with zero attached hydrogens (tertiary/aromatic N) is 1. The van der Waals surface area contributed by atoms with E-state index >= 15 is 0 Å². The van der Waals surface area contributed by atoms with Crippen LogP contribution in [0, 0.1) is 6.92 Å². The summed E-state index contributed by atoms with van der Waals surface area (Å²) in [6, 6.07) is 11.8. The molecule has 0 unspecified atom stereocenters. The normalized spacial score (nSPS) is 10.6. The Labute approximate surface area is 117 Å². The van der Waals surface area contributed by atoms with Gasteiger partial charge in [0, 0.05) is 0 Å². The van der Waals surface area contributed by atoms with Crippen molar-refractivity contribution in [1.82, 2.24) is 10.7 Å². The average molecular weight is 273 g/mol. The van der Waals surface area contributed by atoms with E-state index in [1.807, 2.05) is 43.3 Å². The van der Waals surface area contributed by atoms with Crippen LogP contribution in [0.4, 0.5) is 0 Å². The molecule has 0 fully saturated rings. The van der Waals surface area contributed by atoms with Gasteiger partial charge in [0.1, 0.15) is 5.76 Å². The molecule has 1 aromatic carbocycles. The van der Waals surface area contributed by atoms with Gasteiger partial charge in [-0.3, -0.25) is 5.43 Å². The zero-order chi connectivity index (χ0) is 13.5. The number of nitrogens with one attached hydrogen (secondary N) is 2. The molecule has 0 aliphatic carbocycles. The van der Waals surface area contributed by atoms with E-state index in [9.17, 15) is 0 Å². The second-order valence-corrected chi connectivity index (χ2v) is 4.45. The van der Waals surface area contributed by atoms with E-state index < -0.39 is 0 Å². The molecular weight excluding hydrogens is 258 g/mol. The largest absolute Gasteiger partial charge is 0.467 e. The minimum absolute atomic E-state index is 0.458. The van der Waals surface area contributed by atoms with Crippen molar-refractivity contribution in [2.75, 3.05) is 0 Å². The van der Waals surface area contributed by atoms with Crippen molar-refractivity contribution in [1.29, 1.82) is 0 Å². The summed E-state index contributed by atoms with van der Waals surface area (Å²) in [7, 11) is 0. The highest BCUT2D eigenvalue weighted by molar-refractivity contribution is 7.80. The van der Waals surface area contributed by atoms with Gasteiger partial charge in [-0.1, -0.05) is 29.8 Å². The van der Waals surface area contributed by atoms with Crippen LogP contribution in [0.5, 0.6) is 0 Å². The van der Waals surface area contributed by atoms with Gasteiger partial charge in [0.2, 0.25) is 0 Å². The third-order valence-electron chi connectivity index (χ3n) is 2.46. The second-order valence-electron chi connectivity index (χ2n) is 4.04. The minimum Gasteiger partial charge on any atom is -0.467 e. The van der Waals surface area contributed by atoms with E-state index in [0.29, 0.717) is 11.7 Å². The first-order chi connectivity index (χ1) is 9.24. The van der Waals surface area contributed by atoms with Gasteiger partial charge in [-0.15, -0.1) is 0 Å². The van der Waals surface area contributed by atoms with Crippen molar-refractivity contribution >= 4 is 23.5 Å². The Balaban J connectivity index is 1.75. The van der Waals surface area contributed by atoms with Gasteiger partial charge >= 0.3 is 0 Å². The van der Waals surface area contributed by atoms with Crippen molar-refractivity contribution in [2.45, 2.75) is 13.5 Å². The van der Waals surface area contributed by atoms with Crippen LogP contribution >= 0.6 is 12.2 Å². The predicted molar refractivity (Wildman–Crippen MR) is 80.1 cm³/mol. The van der Waals surface area contributed by atoms with E-state index in [0.717, 1.165) is 11.3 Å². The summed E-state index contributed by atoms with van der Waals surface area (Å²) in [6.07, 6.45) is 3.35. The minimum atomic E-state index is 0.458. The fraction of sp³-hybridized carbons (Fsp3) is 0.143. The lowest BCUT2D eigenvalue weighted by Gasteiger charge is -2.04. The molecule has 2 rings (SSSR count). The molecule has 2 aromatic rings. The smallest absolute Gasteiger partial charge is 0.187 e. The highest BCUT2D eigenvalue weighted by Gasteiger charge is 1.96. The summed E-state index contributed by atoms with van der Waals surface area (Å²) in [5.41, 5.74) is 5.00. The summed E-state index contributed by atoms with van der Waals surface area (Å²) < 4.78 is 5.18. The summed E-state index contributed by atoms with van der Waals surface area (Å²) in [5, 5.41) is 7.51. The van der Waals surface area contributed by atoms with Crippen molar-refractivity contribution < 1.29 is 4.42 Å². The molecule has 0 aliphatic rings. The van der Waals surface area contributed by atoms with Gasteiger partial charge in [-0.25, -0.2) is 0 Å². The lowest BCUT2D eigenvalue weighted by Crippen LogP contribution is -2.31.